The second-order valence-corrected chi connectivity index (χ2v) is 20.2. The first-order valence-electron chi connectivity index (χ1n) is 30.9. The fourth-order valence-electron chi connectivity index (χ4n) is 8.36. The molecule has 0 aromatic carbocycles. The average Bonchev–Trinajstić information content (AvgIpc) is 3.40. The molecule has 0 aliphatic rings. The summed E-state index contributed by atoms with van der Waals surface area (Å²) in [5, 5.41) is 0. The molecule has 0 aliphatic heterocycles. The van der Waals surface area contributed by atoms with Crippen molar-refractivity contribution in [1.29, 1.82) is 0 Å². The summed E-state index contributed by atoms with van der Waals surface area (Å²) in [7, 11) is 0. The number of ether oxygens (including phenoxy) is 3. The molecule has 0 spiro atoms. The van der Waals surface area contributed by atoms with Gasteiger partial charge in [-0.25, -0.2) is 0 Å². The van der Waals surface area contributed by atoms with Crippen molar-refractivity contribution < 1.29 is 28.6 Å². The van der Waals surface area contributed by atoms with Crippen LogP contribution in [0.5, 0.6) is 0 Å². The van der Waals surface area contributed by atoms with E-state index in [1.54, 1.807) is 0 Å². The maximum Gasteiger partial charge on any atom is 0.306 e. The summed E-state index contributed by atoms with van der Waals surface area (Å²) in [6, 6.07) is 0. The number of rotatable bonds is 55. The van der Waals surface area contributed by atoms with Crippen LogP contribution in [0.2, 0.25) is 0 Å². The molecule has 0 N–H and O–H groups in total. The molecule has 74 heavy (non-hydrogen) atoms. The van der Waals surface area contributed by atoms with Gasteiger partial charge in [0.15, 0.2) is 6.10 Å². The predicted molar refractivity (Wildman–Crippen MR) is 320 cm³/mol. The molecule has 0 rings (SSSR count). The first-order valence-corrected chi connectivity index (χ1v) is 30.9. The van der Waals surface area contributed by atoms with Crippen LogP contribution in [-0.4, -0.2) is 37.2 Å². The molecule has 6 nitrogen and oxygen atoms in total. The Morgan fingerprint density at radius 2 is 0.541 bits per heavy atom. The molecule has 0 aromatic rings. The smallest absolute Gasteiger partial charge is 0.306 e. The Morgan fingerprint density at radius 1 is 0.284 bits per heavy atom. The van der Waals surface area contributed by atoms with Crippen molar-refractivity contribution in [1.82, 2.24) is 0 Å². The van der Waals surface area contributed by atoms with Crippen molar-refractivity contribution in [2.45, 2.75) is 290 Å². The van der Waals surface area contributed by atoms with Crippen LogP contribution in [0.3, 0.4) is 0 Å². The maximum atomic E-state index is 12.9. The number of unbranched alkanes of at least 4 members (excludes halogenated alkanes) is 26. The van der Waals surface area contributed by atoms with Gasteiger partial charge in [-0.2, -0.15) is 0 Å². The van der Waals surface area contributed by atoms with Crippen LogP contribution in [0.25, 0.3) is 0 Å². The molecule has 0 heterocycles. The van der Waals surface area contributed by atoms with Gasteiger partial charge in [-0.05, 0) is 122 Å². The fourth-order valence-corrected chi connectivity index (χ4v) is 8.36. The third-order valence-corrected chi connectivity index (χ3v) is 13.0. The first-order chi connectivity index (χ1) is 36.5. The molecule has 422 valence electrons. The molecule has 0 aliphatic carbocycles. The van der Waals surface area contributed by atoms with E-state index in [4.69, 9.17) is 14.2 Å². The van der Waals surface area contributed by atoms with Gasteiger partial charge in [0.25, 0.3) is 0 Å². The van der Waals surface area contributed by atoms with E-state index in [1.807, 2.05) is 0 Å². The van der Waals surface area contributed by atoms with Crippen LogP contribution >= 0.6 is 0 Å². The molecule has 1 unspecified atom stereocenters. The standard InChI is InChI=1S/C68H114O6/c1-4-7-10-13-16-19-22-25-28-30-32-33-34-35-36-38-40-43-46-49-52-55-58-61-67(70)73-64-65(63-72-66(69)60-57-54-51-48-45-42-39-27-24-21-18-15-12-9-6-3)74-68(71)62-59-56-53-50-47-44-41-37-31-29-26-23-20-17-14-11-8-5-2/h7,10,16,19,25,27-29,31-33,35-36,39-40,43,49,52,65H,4-6,8-9,11-15,17-18,20-24,26,30,34,37-38,41-42,44-48,50-51,53-64H2,1-3H3/b10-7-,19-16-,28-25-,31-29-,33-32-,36-35-,39-27-,43-40-,52-49-. The van der Waals surface area contributed by atoms with E-state index in [-0.39, 0.29) is 37.5 Å². The lowest BCUT2D eigenvalue weighted by Gasteiger charge is -2.18. The lowest BCUT2D eigenvalue weighted by molar-refractivity contribution is -0.167. The zero-order chi connectivity index (χ0) is 53.6. The molecule has 0 fully saturated rings. The molecular formula is C68H114O6. The highest BCUT2D eigenvalue weighted by molar-refractivity contribution is 5.71. The fraction of sp³-hybridized carbons (Fsp3) is 0.691. The van der Waals surface area contributed by atoms with Crippen molar-refractivity contribution in [3.8, 4) is 0 Å². The van der Waals surface area contributed by atoms with E-state index in [9.17, 15) is 14.4 Å². The van der Waals surface area contributed by atoms with Crippen molar-refractivity contribution in [3.63, 3.8) is 0 Å². The van der Waals surface area contributed by atoms with Crippen molar-refractivity contribution >= 4 is 17.9 Å². The molecule has 0 radical (unpaired) electrons. The summed E-state index contributed by atoms with van der Waals surface area (Å²) in [5.41, 5.74) is 0. The average molecular weight is 1030 g/mol. The van der Waals surface area contributed by atoms with Crippen LogP contribution < -0.4 is 0 Å². The number of hydrogen-bond acceptors (Lipinski definition) is 6. The predicted octanol–water partition coefficient (Wildman–Crippen LogP) is 21.0. The molecular weight excluding hydrogens is 913 g/mol. The van der Waals surface area contributed by atoms with Crippen molar-refractivity contribution in [2.75, 3.05) is 13.2 Å². The molecule has 0 bridgehead atoms. The number of hydrogen-bond donors (Lipinski definition) is 0. The molecule has 6 heteroatoms. The quantitative estimate of drug-likeness (QED) is 0.0261. The van der Waals surface area contributed by atoms with E-state index in [2.05, 4.69) is 130 Å². The minimum absolute atomic E-state index is 0.103. The topological polar surface area (TPSA) is 78.9 Å². The van der Waals surface area contributed by atoms with Crippen LogP contribution in [0.15, 0.2) is 109 Å². The molecule has 1 atom stereocenters. The number of allylic oxidation sites excluding steroid dienone is 18. The minimum Gasteiger partial charge on any atom is -0.462 e. The largest absolute Gasteiger partial charge is 0.462 e. The molecule has 0 aromatic heterocycles. The second-order valence-electron chi connectivity index (χ2n) is 20.2. The molecule has 0 saturated carbocycles. The summed E-state index contributed by atoms with van der Waals surface area (Å²) < 4.78 is 16.8. The highest BCUT2D eigenvalue weighted by Gasteiger charge is 2.19. The number of carbonyl (C=O) groups excluding carboxylic acids is 3. The number of carbonyl (C=O) groups is 3. The molecule has 0 amide bonds. The number of esters is 3. The minimum atomic E-state index is -0.810. The van der Waals surface area contributed by atoms with Gasteiger partial charge in [0.05, 0.1) is 0 Å². The zero-order valence-corrected chi connectivity index (χ0v) is 48.3. The summed E-state index contributed by atoms with van der Waals surface area (Å²) in [4.78, 5) is 38.2. The third kappa shape index (κ3) is 59.0. The lowest BCUT2D eigenvalue weighted by Crippen LogP contribution is -2.30. The van der Waals surface area contributed by atoms with E-state index >= 15 is 0 Å². The molecule has 0 saturated heterocycles. The maximum absolute atomic E-state index is 12.9. The van der Waals surface area contributed by atoms with Crippen LogP contribution in [0, 0.1) is 0 Å². The Bertz CT molecular complexity index is 1510. The van der Waals surface area contributed by atoms with Gasteiger partial charge in [-0.1, -0.05) is 252 Å². The van der Waals surface area contributed by atoms with Gasteiger partial charge < -0.3 is 14.2 Å². The van der Waals surface area contributed by atoms with Gasteiger partial charge in [0, 0.05) is 19.3 Å². The van der Waals surface area contributed by atoms with E-state index in [0.29, 0.717) is 19.3 Å². The van der Waals surface area contributed by atoms with E-state index < -0.39 is 6.10 Å². The summed E-state index contributed by atoms with van der Waals surface area (Å²) in [5.74, 6) is -0.972. The van der Waals surface area contributed by atoms with Gasteiger partial charge in [-0.15, -0.1) is 0 Å². The third-order valence-electron chi connectivity index (χ3n) is 13.0. The lowest BCUT2D eigenvalue weighted by atomic mass is 10.1. The van der Waals surface area contributed by atoms with Gasteiger partial charge in [0.2, 0.25) is 0 Å². The Morgan fingerprint density at radius 3 is 0.892 bits per heavy atom. The normalized spacial score (nSPS) is 12.9. The Kier molecular flexibility index (Phi) is 58.3. The monoisotopic (exact) mass is 1030 g/mol. The SMILES string of the molecule is CC/C=C\C/C=C\C/C=C\C/C=C\C/C=C\C/C=C\C/C=C\CCCC(=O)OCC(COC(=O)CCCCCCC/C=C\CCCCCCCC)OC(=O)CCCCCCCCC/C=C\CCCCCCCCC. The van der Waals surface area contributed by atoms with Gasteiger partial charge in [0.1, 0.15) is 13.2 Å². The Hall–Kier alpha value is -3.93. The summed E-state index contributed by atoms with van der Waals surface area (Å²) >= 11 is 0. The zero-order valence-electron chi connectivity index (χ0n) is 48.3. The Balaban J connectivity index is 4.49. The van der Waals surface area contributed by atoms with Crippen molar-refractivity contribution in [3.05, 3.63) is 109 Å². The van der Waals surface area contributed by atoms with Crippen LogP contribution in [0.4, 0.5) is 0 Å². The van der Waals surface area contributed by atoms with Gasteiger partial charge in [-0.3, -0.25) is 14.4 Å². The first kappa shape index (κ1) is 70.1. The van der Waals surface area contributed by atoms with Crippen LogP contribution in [-0.2, 0) is 28.6 Å². The second kappa shape index (κ2) is 61.6. The van der Waals surface area contributed by atoms with Crippen LogP contribution in [0.1, 0.15) is 284 Å². The summed E-state index contributed by atoms with van der Waals surface area (Å²) in [6.07, 6.45) is 83.7. The Labute approximate surface area is 457 Å². The van der Waals surface area contributed by atoms with Crippen molar-refractivity contribution in [2.24, 2.45) is 0 Å². The van der Waals surface area contributed by atoms with Gasteiger partial charge >= 0.3 is 17.9 Å². The highest BCUT2D eigenvalue weighted by Crippen LogP contribution is 2.15. The van der Waals surface area contributed by atoms with E-state index in [0.717, 1.165) is 103 Å². The highest BCUT2D eigenvalue weighted by atomic mass is 16.6. The van der Waals surface area contributed by atoms with E-state index in [1.165, 1.54) is 135 Å². The summed E-state index contributed by atoms with van der Waals surface area (Å²) in [6.45, 7) is 6.47.